The van der Waals surface area contributed by atoms with E-state index in [0.717, 1.165) is 101 Å². The van der Waals surface area contributed by atoms with Gasteiger partial charge in [0.1, 0.15) is 0 Å². The predicted octanol–water partition coefficient (Wildman–Crippen LogP) is 14.8. The van der Waals surface area contributed by atoms with Gasteiger partial charge in [-0.3, -0.25) is 0 Å². The van der Waals surface area contributed by atoms with Crippen LogP contribution < -0.4 is 16.4 Å². The summed E-state index contributed by atoms with van der Waals surface area (Å²) in [6.45, 7) is 24.1. The van der Waals surface area contributed by atoms with E-state index in [1.807, 2.05) is 11.3 Å². The summed E-state index contributed by atoms with van der Waals surface area (Å²) in [5.74, 6) is 0. The molecule has 0 unspecified atom stereocenters. The zero-order valence-corrected chi connectivity index (χ0v) is 46.3. The second-order valence-corrected chi connectivity index (χ2v) is 49.4. The van der Waals surface area contributed by atoms with Gasteiger partial charge in [-0.1, -0.05) is 0 Å². The molecule has 1 heterocycles. The van der Waals surface area contributed by atoms with Gasteiger partial charge in [0.2, 0.25) is 0 Å². The van der Waals surface area contributed by atoms with Gasteiger partial charge in [0.25, 0.3) is 0 Å². The Kier molecular flexibility index (Phi) is 31.2. The van der Waals surface area contributed by atoms with E-state index in [9.17, 15) is 0 Å². The summed E-state index contributed by atoms with van der Waals surface area (Å²) >= 11 is -4.81. The third kappa shape index (κ3) is 17.5. The molecule has 0 aromatic carbocycles. The van der Waals surface area contributed by atoms with Crippen molar-refractivity contribution in [2.75, 3.05) is 26.4 Å². The van der Waals surface area contributed by atoms with E-state index < -0.39 is 51.9 Å². The van der Waals surface area contributed by atoms with Gasteiger partial charge < -0.3 is 0 Å². The van der Waals surface area contributed by atoms with Gasteiger partial charge >= 0.3 is 358 Å². The normalized spacial score (nSPS) is 13.0. The van der Waals surface area contributed by atoms with Crippen LogP contribution in [0.2, 0.25) is 26.6 Å². The third-order valence-electron chi connectivity index (χ3n) is 11.5. The van der Waals surface area contributed by atoms with Crippen molar-refractivity contribution in [1.29, 1.82) is 0 Å². The molecular weight excluding hydrogens is 956 g/mol. The number of unbranched alkanes of at least 4 members (excludes halogenated alkanes) is 10. The monoisotopic (exact) mass is 1050 g/mol. The standard InChI is InChI=1S/C20H36O6P2S.6C4H9.2Sn/c1-5-9-13-23-27(21,24-14-10-6-2)19-17-29-18-20(19)28(22,25-15-11-7-3)26-16-12-8-4;6*1-3-4-2;;/h5-16H2,1-4H3;6*1,3-4H2,2H3;;. The molecule has 326 valence electrons. The molecule has 0 spiro atoms. The maximum absolute atomic E-state index is 16.4. The summed E-state index contributed by atoms with van der Waals surface area (Å²) in [4.78, 5) is 0. The van der Waals surface area contributed by atoms with Crippen LogP contribution in [0.3, 0.4) is 0 Å². The molecule has 0 bridgehead atoms. The van der Waals surface area contributed by atoms with Gasteiger partial charge in [-0.25, -0.2) is 0 Å². The Balaban J connectivity index is 4.92. The molecule has 1 aromatic rings. The fourth-order valence-electron chi connectivity index (χ4n) is 7.81. The van der Waals surface area contributed by atoms with Crippen LogP contribution in [0.1, 0.15) is 198 Å². The Hall–Kier alpha value is 1.60. The Morgan fingerprint density at radius 3 is 0.745 bits per heavy atom. The molecule has 0 amide bonds. The van der Waals surface area contributed by atoms with Crippen LogP contribution in [0.4, 0.5) is 0 Å². The van der Waals surface area contributed by atoms with Crippen LogP contribution in [0.5, 0.6) is 0 Å². The summed E-state index contributed by atoms with van der Waals surface area (Å²) in [5, 5.41) is 1.47. The molecule has 0 N–H and O–H groups in total. The molecule has 55 heavy (non-hydrogen) atoms. The van der Waals surface area contributed by atoms with E-state index in [1.54, 1.807) is 0 Å². The first-order chi connectivity index (χ1) is 26.6. The summed E-state index contributed by atoms with van der Waals surface area (Å²) in [5.41, 5.74) is 0. The molecule has 0 aliphatic carbocycles. The van der Waals surface area contributed by atoms with Crippen molar-refractivity contribution in [3.05, 3.63) is 0 Å². The van der Waals surface area contributed by atoms with E-state index >= 15 is 9.13 Å². The topological polar surface area (TPSA) is 71.1 Å². The van der Waals surface area contributed by atoms with Crippen molar-refractivity contribution >= 4 is 79.7 Å². The average molecular weight is 1050 g/mol. The zero-order chi connectivity index (χ0) is 41.1. The fraction of sp³-hybridized carbons (Fsp3) is 0.909. The van der Waals surface area contributed by atoms with E-state index in [4.69, 9.17) is 18.1 Å². The number of thiophene rings is 1. The van der Waals surface area contributed by atoms with Crippen LogP contribution in [0.25, 0.3) is 0 Å². The van der Waals surface area contributed by atoms with Crippen molar-refractivity contribution in [2.24, 2.45) is 0 Å². The Bertz CT molecular complexity index is 1050. The molecule has 1 rings (SSSR count). The fourth-order valence-corrected chi connectivity index (χ4v) is 61.6. The quantitative estimate of drug-likeness (QED) is 0.0373. The predicted molar refractivity (Wildman–Crippen MR) is 251 cm³/mol. The molecule has 11 heteroatoms. The molecule has 0 fully saturated rings. The van der Waals surface area contributed by atoms with Crippen molar-refractivity contribution in [2.45, 2.75) is 224 Å². The molecule has 0 saturated heterocycles. The molecule has 6 nitrogen and oxygen atoms in total. The first-order valence-corrected chi connectivity index (χ1v) is 42.4. The summed E-state index contributed by atoms with van der Waals surface area (Å²) < 4.78 is 70.0. The van der Waals surface area contributed by atoms with Gasteiger partial charge in [0.15, 0.2) is 0 Å². The van der Waals surface area contributed by atoms with Crippen LogP contribution in [0.15, 0.2) is 0 Å². The van der Waals surface area contributed by atoms with Crippen molar-refractivity contribution in [3.8, 4) is 0 Å². The maximum atomic E-state index is 16.4. The molecular formula is C44H90O6P2SSn2. The molecule has 0 saturated carbocycles. The Morgan fingerprint density at radius 2 is 0.564 bits per heavy atom. The van der Waals surface area contributed by atoms with Crippen LogP contribution in [0, 0.1) is 0 Å². The Labute approximate surface area is 354 Å². The van der Waals surface area contributed by atoms with Gasteiger partial charge in [0, 0.05) is 0 Å². The number of hydrogen-bond donors (Lipinski definition) is 0. The molecule has 0 aliphatic heterocycles. The molecule has 0 atom stereocenters. The molecule has 1 aromatic heterocycles. The van der Waals surface area contributed by atoms with Gasteiger partial charge in [-0.05, 0) is 0 Å². The zero-order valence-electron chi connectivity index (χ0n) is 38.0. The van der Waals surface area contributed by atoms with Gasteiger partial charge in [-0.2, -0.15) is 0 Å². The van der Waals surface area contributed by atoms with E-state index in [-0.39, 0.29) is 0 Å². The summed E-state index contributed by atoms with van der Waals surface area (Å²) in [7, 11) is -7.87. The molecule has 0 aliphatic rings. The van der Waals surface area contributed by atoms with E-state index in [0.29, 0.717) is 26.4 Å². The second-order valence-electron chi connectivity index (χ2n) is 16.4. The van der Waals surface area contributed by atoms with E-state index in [1.165, 1.54) is 70.9 Å². The Morgan fingerprint density at radius 1 is 0.364 bits per heavy atom. The van der Waals surface area contributed by atoms with E-state index in [2.05, 4.69) is 69.2 Å². The minimum atomic E-state index is -3.94. The van der Waals surface area contributed by atoms with Gasteiger partial charge in [-0.15, -0.1) is 0 Å². The molecule has 0 radical (unpaired) electrons. The van der Waals surface area contributed by atoms with Crippen LogP contribution >= 0.6 is 26.5 Å². The summed E-state index contributed by atoms with van der Waals surface area (Å²) in [6, 6.07) is 0. The van der Waals surface area contributed by atoms with Crippen molar-refractivity contribution in [1.82, 2.24) is 0 Å². The summed E-state index contributed by atoms with van der Waals surface area (Å²) in [6.07, 6.45) is 21.1. The third-order valence-corrected chi connectivity index (χ3v) is 55.0. The number of rotatable bonds is 38. The SMILES string of the molecule is CCCCOP(=O)(OCCCC)c1[c]([Sn]([CH2]CCC)([CH2]CCC)[CH2]CCC)s[c]([Sn]([CH2]CCC)([CH2]CCC)[CH2]CCC)c1P(=O)(OCCCC)OCCCC. The first-order valence-electron chi connectivity index (χ1n) is 23.5. The van der Waals surface area contributed by atoms with Gasteiger partial charge in [0.05, 0.1) is 0 Å². The van der Waals surface area contributed by atoms with Crippen LogP contribution in [-0.2, 0) is 27.2 Å². The number of hydrogen-bond acceptors (Lipinski definition) is 7. The van der Waals surface area contributed by atoms with Crippen molar-refractivity contribution in [3.63, 3.8) is 0 Å². The first kappa shape index (κ1) is 54.6. The van der Waals surface area contributed by atoms with Crippen molar-refractivity contribution < 1.29 is 27.2 Å². The van der Waals surface area contributed by atoms with Crippen LogP contribution in [-0.4, -0.2) is 63.2 Å². The average Bonchev–Trinajstić information content (AvgIpc) is 3.62. The minimum absolute atomic E-state index is 0.374. The second kappa shape index (κ2) is 31.4.